The van der Waals surface area contributed by atoms with Crippen molar-refractivity contribution in [2.75, 3.05) is 39.3 Å². The Kier molecular flexibility index (Phi) is 4.27. The minimum atomic E-state index is -0.288. The largest absolute Gasteiger partial charge is 0.337 e. The third-order valence-corrected chi connectivity index (χ3v) is 5.20. The van der Waals surface area contributed by atoms with Gasteiger partial charge < -0.3 is 10.2 Å². The molecule has 2 aromatic rings. The van der Waals surface area contributed by atoms with Crippen LogP contribution in [0.15, 0.2) is 29.3 Å². The molecule has 2 aromatic heterocycles. The standard InChI is InChI=1S/C18H23N5O2/c1-13-2-3-16-20-10-15(18(25)23(16)11-13)17(24)22-7-4-14(12-22)21-8-5-19-6-9-21/h2-3,10-11,14,19H,4-9,12H2,1H3. The van der Waals surface area contributed by atoms with Gasteiger partial charge >= 0.3 is 0 Å². The highest BCUT2D eigenvalue weighted by Gasteiger charge is 2.32. The Balaban J connectivity index is 1.56. The van der Waals surface area contributed by atoms with E-state index in [1.54, 1.807) is 17.2 Å². The van der Waals surface area contributed by atoms with E-state index in [1.807, 2.05) is 13.0 Å². The summed E-state index contributed by atoms with van der Waals surface area (Å²) in [5.74, 6) is -0.203. The molecule has 2 saturated heterocycles. The molecule has 1 amide bonds. The normalized spacial score (nSPS) is 21.8. The molecule has 132 valence electrons. The molecule has 2 aliphatic heterocycles. The van der Waals surface area contributed by atoms with Gasteiger partial charge in [-0.25, -0.2) is 4.98 Å². The number of hydrogen-bond acceptors (Lipinski definition) is 5. The van der Waals surface area contributed by atoms with Gasteiger partial charge in [-0.3, -0.25) is 18.9 Å². The average molecular weight is 341 g/mol. The van der Waals surface area contributed by atoms with Crippen LogP contribution in [0.4, 0.5) is 0 Å². The number of hydrogen-bond donors (Lipinski definition) is 1. The minimum absolute atomic E-state index is 0.157. The molecule has 4 rings (SSSR count). The fraction of sp³-hybridized carbons (Fsp3) is 0.500. The molecule has 0 saturated carbocycles. The van der Waals surface area contributed by atoms with Crippen molar-refractivity contribution in [2.45, 2.75) is 19.4 Å². The van der Waals surface area contributed by atoms with E-state index < -0.39 is 0 Å². The number of aromatic nitrogens is 2. The SMILES string of the molecule is Cc1ccc2ncc(C(=O)N3CCC(N4CCNCC4)C3)c(=O)n2c1. The summed E-state index contributed by atoms with van der Waals surface area (Å²) in [5.41, 5.74) is 1.39. The molecule has 0 bridgehead atoms. The molecular formula is C18H23N5O2. The van der Waals surface area contributed by atoms with Crippen molar-refractivity contribution >= 4 is 11.6 Å². The number of nitrogens with zero attached hydrogens (tertiary/aromatic N) is 4. The number of carbonyl (C=O) groups excluding carboxylic acids is 1. The maximum Gasteiger partial charge on any atom is 0.270 e. The second kappa shape index (κ2) is 6.57. The highest BCUT2D eigenvalue weighted by molar-refractivity contribution is 5.94. The fourth-order valence-corrected chi connectivity index (χ4v) is 3.77. The first-order valence-electron chi connectivity index (χ1n) is 8.85. The number of carbonyl (C=O) groups is 1. The first-order chi connectivity index (χ1) is 12.1. The molecule has 2 aliphatic rings. The predicted octanol–water partition coefficient (Wildman–Crippen LogP) is 0.123. The molecule has 1 atom stereocenters. The van der Waals surface area contributed by atoms with E-state index in [2.05, 4.69) is 15.2 Å². The van der Waals surface area contributed by atoms with Crippen molar-refractivity contribution in [3.05, 3.63) is 46.0 Å². The van der Waals surface area contributed by atoms with Gasteiger partial charge in [0.25, 0.3) is 11.5 Å². The summed E-state index contributed by atoms with van der Waals surface area (Å²) in [7, 11) is 0. The van der Waals surface area contributed by atoms with Crippen molar-refractivity contribution in [3.8, 4) is 0 Å². The lowest BCUT2D eigenvalue weighted by molar-refractivity contribution is 0.0771. The van der Waals surface area contributed by atoms with Crippen molar-refractivity contribution < 1.29 is 4.79 Å². The minimum Gasteiger partial charge on any atom is -0.337 e. The van der Waals surface area contributed by atoms with Crippen LogP contribution in [-0.4, -0.2) is 70.4 Å². The van der Waals surface area contributed by atoms with Crippen LogP contribution < -0.4 is 10.9 Å². The maximum atomic E-state index is 12.9. The first kappa shape index (κ1) is 16.2. The lowest BCUT2D eigenvalue weighted by Gasteiger charge is -2.32. The molecule has 1 N–H and O–H groups in total. The van der Waals surface area contributed by atoms with Crippen LogP contribution in [0.1, 0.15) is 22.3 Å². The molecule has 0 aliphatic carbocycles. The number of fused-ring (bicyclic) bond motifs is 1. The second-order valence-electron chi connectivity index (χ2n) is 6.89. The molecule has 2 fully saturated rings. The lowest BCUT2D eigenvalue weighted by atomic mass is 10.2. The Hall–Kier alpha value is -2.25. The third kappa shape index (κ3) is 3.05. The Morgan fingerprint density at radius 3 is 2.84 bits per heavy atom. The van der Waals surface area contributed by atoms with Crippen LogP contribution in [0.2, 0.25) is 0 Å². The van der Waals surface area contributed by atoms with Gasteiger partial charge in [0.2, 0.25) is 0 Å². The highest BCUT2D eigenvalue weighted by Crippen LogP contribution is 2.18. The molecular weight excluding hydrogens is 318 g/mol. The topological polar surface area (TPSA) is 70.0 Å². The first-order valence-corrected chi connectivity index (χ1v) is 8.85. The van der Waals surface area contributed by atoms with Crippen LogP contribution in [0.5, 0.6) is 0 Å². The van der Waals surface area contributed by atoms with E-state index in [4.69, 9.17) is 0 Å². The summed E-state index contributed by atoms with van der Waals surface area (Å²) in [4.78, 5) is 34.1. The molecule has 7 heteroatoms. The summed E-state index contributed by atoms with van der Waals surface area (Å²) >= 11 is 0. The molecule has 0 aromatic carbocycles. The van der Waals surface area contributed by atoms with E-state index in [0.717, 1.165) is 38.2 Å². The van der Waals surface area contributed by atoms with Crippen molar-refractivity contribution in [1.29, 1.82) is 0 Å². The van der Waals surface area contributed by atoms with Crippen LogP contribution in [-0.2, 0) is 0 Å². The number of amides is 1. The van der Waals surface area contributed by atoms with Gasteiger partial charge in [0, 0.05) is 57.7 Å². The number of pyridine rings is 1. The van der Waals surface area contributed by atoms with Gasteiger partial charge in [-0.05, 0) is 25.0 Å². The monoisotopic (exact) mass is 341 g/mol. The molecule has 0 radical (unpaired) electrons. The quantitative estimate of drug-likeness (QED) is 0.840. The molecule has 1 unspecified atom stereocenters. The van der Waals surface area contributed by atoms with E-state index in [0.29, 0.717) is 24.8 Å². The van der Waals surface area contributed by atoms with Gasteiger partial charge in [0.1, 0.15) is 11.2 Å². The lowest BCUT2D eigenvalue weighted by Crippen LogP contribution is -2.49. The number of nitrogens with one attached hydrogen (secondary N) is 1. The van der Waals surface area contributed by atoms with Crippen LogP contribution >= 0.6 is 0 Å². The Morgan fingerprint density at radius 1 is 1.24 bits per heavy atom. The zero-order valence-corrected chi connectivity index (χ0v) is 14.4. The van der Waals surface area contributed by atoms with Crippen LogP contribution in [0.25, 0.3) is 5.65 Å². The predicted molar refractivity (Wildman–Crippen MR) is 95.0 cm³/mol. The van der Waals surface area contributed by atoms with E-state index >= 15 is 0 Å². The van der Waals surface area contributed by atoms with Crippen molar-refractivity contribution in [3.63, 3.8) is 0 Å². The summed E-state index contributed by atoms with van der Waals surface area (Å²) in [6, 6.07) is 4.09. The van der Waals surface area contributed by atoms with Gasteiger partial charge in [-0.2, -0.15) is 0 Å². The zero-order valence-electron chi connectivity index (χ0n) is 14.4. The summed E-state index contributed by atoms with van der Waals surface area (Å²) < 4.78 is 1.46. The number of rotatable bonds is 2. The molecule has 7 nitrogen and oxygen atoms in total. The summed E-state index contributed by atoms with van der Waals surface area (Å²) in [6.45, 7) is 7.34. The Bertz CT molecular complexity index is 856. The van der Waals surface area contributed by atoms with E-state index in [1.165, 1.54) is 10.6 Å². The van der Waals surface area contributed by atoms with Gasteiger partial charge in [-0.1, -0.05) is 6.07 Å². The average Bonchev–Trinajstić information content (AvgIpc) is 3.13. The smallest absolute Gasteiger partial charge is 0.270 e. The number of piperazine rings is 1. The zero-order chi connectivity index (χ0) is 17.4. The van der Waals surface area contributed by atoms with Gasteiger partial charge in [-0.15, -0.1) is 0 Å². The van der Waals surface area contributed by atoms with E-state index in [9.17, 15) is 9.59 Å². The number of likely N-dealkylation sites (tertiary alicyclic amines) is 1. The Morgan fingerprint density at radius 2 is 2.04 bits per heavy atom. The fourth-order valence-electron chi connectivity index (χ4n) is 3.77. The van der Waals surface area contributed by atoms with Gasteiger partial charge in [0.15, 0.2) is 0 Å². The Labute approximate surface area is 146 Å². The second-order valence-corrected chi connectivity index (χ2v) is 6.89. The molecule has 4 heterocycles. The molecule has 0 spiro atoms. The van der Waals surface area contributed by atoms with Crippen molar-refractivity contribution in [1.82, 2.24) is 24.5 Å². The van der Waals surface area contributed by atoms with Crippen LogP contribution in [0, 0.1) is 6.92 Å². The van der Waals surface area contributed by atoms with E-state index in [-0.39, 0.29) is 17.0 Å². The van der Waals surface area contributed by atoms with Crippen molar-refractivity contribution in [2.24, 2.45) is 0 Å². The van der Waals surface area contributed by atoms with Crippen LogP contribution in [0.3, 0.4) is 0 Å². The molecule has 25 heavy (non-hydrogen) atoms. The number of aryl methyl sites for hydroxylation is 1. The highest BCUT2D eigenvalue weighted by atomic mass is 16.2. The summed E-state index contributed by atoms with van der Waals surface area (Å²) in [6.07, 6.45) is 4.12. The van der Waals surface area contributed by atoms with Gasteiger partial charge in [0.05, 0.1) is 0 Å². The third-order valence-electron chi connectivity index (χ3n) is 5.20. The maximum absolute atomic E-state index is 12.9. The summed E-state index contributed by atoms with van der Waals surface area (Å²) in [5, 5.41) is 3.35.